The number of aromatic carboxylic acids is 1. The first-order valence-corrected chi connectivity index (χ1v) is 7.48. The monoisotopic (exact) mass is 332 g/mol. The van der Waals surface area contributed by atoms with Gasteiger partial charge in [0.05, 0.1) is 17.6 Å². The third kappa shape index (κ3) is 5.12. The van der Waals surface area contributed by atoms with Crippen LogP contribution in [-0.4, -0.2) is 40.9 Å². The molecule has 0 bridgehead atoms. The van der Waals surface area contributed by atoms with Crippen molar-refractivity contribution in [2.45, 2.75) is 26.4 Å². The Labute approximate surface area is 139 Å². The van der Waals surface area contributed by atoms with E-state index < -0.39 is 17.7 Å². The van der Waals surface area contributed by atoms with Gasteiger partial charge < -0.3 is 19.9 Å². The van der Waals surface area contributed by atoms with Gasteiger partial charge >= 0.3 is 12.1 Å². The molecule has 0 fully saturated rings. The molecule has 0 spiro atoms. The number of ether oxygens (including phenoxy) is 2. The molecule has 128 valence electrons. The average Bonchev–Trinajstić information content (AvgIpc) is 2.49. The number of carboxylic acid groups (broad SMARTS) is 1. The summed E-state index contributed by atoms with van der Waals surface area (Å²) in [7, 11) is 0. The van der Waals surface area contributed by atoms with Gasteiger partial charge in [-0.05, 0) is 45.0 Å². The summed E-state index contributed by atoms with van der Waals surface area (Å²) in [6, 6.07) is 8.07. The molecule has 1 amide bonds. The summed E-state index contributed by atoms with van der Waals surface area (Å²) < 4.78 is 10.6. The lowest BCUT2D eigenvalue weighted by Gasteiger charge is -2.19. The Morgan fingerprint density at radius 2 is 1.96 bits per heavy atom. The van der Waals surface area contributed by atoms with Crippen LogP contribution in [0, 0.1) is 0 Å². The molecule has 0 radical (unpaired) electrons. The Hall–Kier alpha value is -2.83. The summed E-state index contributed by atoms with van der Waals surface area (Å²) in [5.74, 6) is -0.581. The zero-order valence-electron chi connectivity index (χ0n) is 13.8. The molecule has 0 aliphatic carbocycles. The smallest absolute Gasteiger partial charge is 0.407 e. The highest BCUT2D eigenvalue weighted by Crippen LogP contribution is 2.18. The zero-order valence-corrected chi connectivity index (χ0v) is 13.8. The van der Waals surface area contributed by atoms with Gasteiger partial charge in [0, 0.05) is 11.5 Å². The van der Waals surface area contributed by atoms with Crippen molar-refractivity contribution in [2.75, 3.05) is 13.2 Å². The molecule has 7 heteroatoms. The van der Waals surface area contributed by atoms with Crippen molar-refractivity contribution in [3.8, 4) is 5.88 Å². The number of carbonyl (C=O) groups excluding carboxylic acids is 1. The van der Waals surface area contributed by atoms with Crippen LogP contribution in [0.2, 0.25) is 0 Å². The van der Waals surface area contributed by atoms with Crippen molar-refractivity contribution in [3.63, 3.8) is 0 Å². The topological polar surface area (TPSA) is 97.8 Å². The van der Waals surface area contributed by atoms with Gasteiger partial charge in [-0.2, -0.15) is 0 Å². The summed E-state index contributed by atoms with van der Waals surface area (Å²) in [4.78, 5) is 26.7. The molecule has 2 N–H and O–H groups in total. The highest BCUT2D eigenvalue weighted by molar-refractivity contribution is 5.93. The maximum atomic E-state index is 11.5. The van der Waals surface area contributed by atoms with Crippen molar-refractivity contribution in [1.82, 2.24) is 10.3 Å². The van der Waals surface area contributed by atoms with Crippen molar-refractivity contribution in [3.05, 3.63) is 35.9 Å². The molecule has 24 heavy (non-hydrogen) atoms. The fourth-order valence-corrected chi connectivity index (χ4v) is 1.94. The van der Waals surface area contributed by atoms with Gasteiger partial charge in [-0.25, -0.2) is 14.6 Å². The van der Waals surface area contributed by atoms with Crippen LogP contribution < -0.4 is 10.1 Å². The molecule has 2 rings (SSSR count). The Morgan fingerprint density at radius 3 is 2.62 bits per heavy atom. The van der Waals surface area contributed by atoms with E-state index in [1.807, 2.05) is 0 Å². The van der Waals surface area contributed by atoms with Gasteiger partial charge in [-0.1, -0.05) is 0 Å². The number of carboxylic acids is 1. The Bertz CT molecular complexity index is 752. The highest BCUT2D eigenvalue weighted by Gasteiger charge is 2.15. The SMILES string of the molecule is CC(C)(C)OC(=O)NCCOc1ccc2cc(C(=O)O)ccc2n1. The fourth-order valence-electron chi connectivity index (χ4n) is 1.94. The summed E-state index contributed by atoms with van der Waals surface area (Å²) >= 11 is 0. The second-order valence-corrected chi connectivity index (χ2v) is 6.14. The first kappa shape index (κ1) is 17.5. The van der Waals surface area contributed by atoms with E-state index in [9.17, 15) is 9.59 Å². The molecule has 0 aliphatic rings. The number of hydrogen-bond donors (Lipinski definition) is 2. The molecular weight excluding hydrogens is 312 g/mol. The molecule has 0 saturated heterocycles. The molecule has 7 nitrogen and oxygen atoms in total. The van der Waals surface area contributed by atoms with E-state index in [0.29, 0.717) is 16.8 Å². The average molecular weight is 332 g/mol. The molecule has 1 aromatic carbocycles. The number of nitrogens with zero attached hydrogens (tertiary/aromatic N) is 1. The number of nitrogens with one attached hydrogen (secondary N) is 1. The number of pyridine rings is 1. The number of hydrogen-bond acceptors (Lipinski definition) is 5. The second kappa shape index (κ2) is 7.16. The third-order valence-electron chi connectivity index (χ3n) is 2.93. The van der Waals surface area contributed by atoms with E-state index in [2.05, 4.69) is 10.3 Å². The van der Waals surface area contributed by atoms with Crippen molar-refractivity contribution >= 4 is 23.0 Å². The quantitative estimate of drug-likeness (QED) is 0.817. The van der Waals surface area contributed by atoms with Gasteiger partial charge in [-0.15, -0.1) is 0 Å². The highest BCUT2D eigenvalue weighted by atomic mass is 16.6. The summed E-state index contributed by atoms with van der Waals surface area (Å²) in [5, 5.41) is 12.3. The Balaban J connectivity index is 1.88. The number of fused-ring (bicyclic) bond motifs is 1. The predicted octanol–water partition coefficient (Wildman–Crippen LogP) is 2.84. The second-order valence-electron chi connectivity index (χ2n) is 6.14. The number of alkyl carbamates (subject to hydrolysis) is 1. The van der Waals surface area contributed by atoms with Crippen LogP contribution >= 0.6 is 0 Å². The first-order valence-electron chi connectivity index (χ1n) is 7.48. The third-order valence-corrected chi connectivity index (χ3v) is 2.93. The van der Waals surface area contributed by atoms with Gasteiger partial charge in [0.2, 0.25) is 5.88 Å². The lowest BCUT2D eigenvalue weighted by Crippen LogP contribution is -2.34. The minimum atomic E-state index is -0.981. The van der Waals surface area contributed by atoms with E-state index in [-0.39, 0.29) is 18.7 Å². The van der Waals surface area contributed by atoms with Gasteiger partial charge in [-0.3, -0.25) is 0 Å². The maximum Gasteiger partial charge on any atom is 0.407 e. The molecular formula is C17H20N2O5. The van der Waals surface area contributed by atoms with E-state index in [4.69, 9.17) is 14.6 Å². The zero-order chi connectivity index (χ0) is 17.7. The number of amides is 1. The molecule has 2 aromatic rings. The lowest BCUT2D eigenvalue weighted by atomic mass is 10.1. The Kier molecular flexibility index (Phi) is 5.23. The van der Waals surface area contributed by atoms with Crippen molar-refractivity contribution < 1.29 is 24.2 Å². The van der Waals surface area contributed by atoms with E-state index in [1.165, 1.54) is 6.07 Å². The molecule has 1 aromatic heterocycles. The molecule has 1 heterocycles. The predicted molar refractivity (Wildman–Crippen MR) is 88.4 cm³/mol. The largest absolute Gasteiger partial charge is 0.478 e. The van der Waals surface area contributed by atoms with Gasteiger partial charge in [0.1, 0.15) is 12.2 Å². The van der Waals surface area contributed by atoms with Crippen LogP contribution in [0.3, 0.4) is 0 Å². The van der Waals surface area contributed by atoms with E-state index >= 15 is 0 Å². The standard InChI is InChI=1S/C17H20N2O5/c1-17(2,3)24-16(22)18-8-9-23-14-7-5-11-10-12(15(20)21)4-6-13(11)19-14/h4-7,10H,8-9H2,1-3H3,(H,18,22)(H,20,21). The van der Waals surface area contributed by atoms with Crippen LogP contribution in [-0.2, 0) is 4.74 Å². The summed E-state index contributed by atoms with van der Waals surface area (Å²) in [6.07, 6.45) is -0.501. The van der Waals surface area contributed by atoms with Crippen LogP contribution in [0.4, 0.5) is 4.79 Å². The van der Waals surface area contributed by atoms with E-state index in [0.717, 1.165) is 0 Å². The summed E-state index contributed by atoms with van der Waals surface area (Å²) in [6.45, 7) is 5.89. The number of carbonyl (C=O) groups is 2. The molecule has 0 atom stereocenters. The van der Waals surface area contributed by atoms with Crippen molar-refractivity contribution in [2.24, 2.45) is 0 Å². The van der Waals surface area contributed by atoms with Crippen LogP contribution in [0.25, 0.3) is 10.9 Å². The number of rotatable bonds is 5. The van der Waals surface area contributed by atoms with Gasteiger partial charge in [0.25, 0.3) is 0 Å². The van der Waals surface area contributed by atoms with Crippen LogP contribution in [0.1, 0.15) is 31.1 Å². The Morgan fingerprint density at radius 1 is 1.21 bits per heavy atom. The van der Waals surface area contributed by atoms with Gasteiger partial charge in [0.15, 0.2) is 0 Å². The number of benzene rings is 1. The number of aromatic nitrogens is 1. The minimum Gasteiger partial charge on any atom is -0.478 e. The minimum absolute atomic E-state index is 0.208. The fraction of sp³-hybridized carbons (Fsp3) is 0.353. The van der Waals surface area contributed by atoms with E-state index in [1.54, 1.807) is 45.0 Å². The summed E-state index contributed by atoms with van der Waals surface area (Å²) in [5.41, 5.74) is 0.303. The first-order chi connectivity index (χ1) is 11.2. The van der Waals surface area contributed by atoms with Crippen LogP contribution in [0.15, 0.2) is 30.3 Å². The molecule has 0 unspecified atom stereocenters. The van der Waals surface area contributed by atoms with Crippen LogP contribution in [0.5, 0.6) is 5.88 Å². The van der Waals surface area contributed by atoms with Crippen molar-refractivity contribution in [1.29, 1.82) is 0 Å². The lowest BCUT2D eigenvalue weighted by molar-refractivity contribution is 0.0519. The maximum absolute atomic E-state index is 11.5. The molecule has 0 saturated carbocycles. The normalized spacial score (nSPS) is 11.1. The molecule has 0 aliphatic heterocycles.